The molecule has 2 aromatic carbocycles. The van der Waals surface area contributed by atoms with Crippen molar-refractivity contribution in [2.45, 2.75) is 31.3 Å². The Morgan fingerprint density at radius 3 is 2.48 bits per heavy atom. The van der Waals surface area contributed by atoms with Gasteiger partial charge in [0.2, 0.25) is 0 Å². The number of furan rings is 1. The van der Waals surface area contributed by atoms with E-state index >= 15 is 0 Å². The third-order valence-electron chi connectivity index (χ3n) is 4.34. The number of thioether (sulfide) groups is 1. The van der Waals surface area contributed by atoms with Crippen molar-refractivity contribution >= 4 is 11.8 Å². The molecule has 0 atom stereocenters. The van der Waals surface area contributed by atoms with Crippen LogP contribution >= 0.6 is 11.8 Å². The molecular formula is C22H21N3OS. The van der Waals surface area contributed by atoms with Gasteiger partial charge >= 0.3 is 0 Å². The minimum Gasteiger partial charge on any atom is -0.467 e. The number of benzene rings is 2. The molecule has 0 N–H and O–H groups in total. The maximum absolute atomic E-state index is 5.57. The predicted molar refractivity (Wildman–Crippen MR) is 109 cm³/mol. The molecule has 0 radical (unpaired) electrons. The van der Waals surface area contributed by atoms with Crippen molar-refractivity contribution in [3.05, 3.63) is 89.4 Å². The number of rotatable bonds is 6. The van der Waals surface area contributed by atoms with Crippen LogP contribution in [-0.2, 0) is 12.3 Å². The molecule has 0 saturated carbocycles. The van der Waals surface area contributed by atoms with E-state index < -0.39 is 0 Å². The maximum atomic E-state index is 5.57. The summed E-state index contributed by atoms with van der Waals surface area (Å²) >= 11 is 1.70. The van der Waals surface area contributed by atoms with Gasteiger partial charge in [-0.15, -0.1) is 10.2 Å². The van der Waals surface area contributed by atoms with Crippen LogP contribution in [0.5, 0.6) is 0 Å². The number of hydrogen-bond acceptors (Lipinski definition) is 4. The van der Waals surface area contributed by atoms with E-state index in [1.54, 1.807) is 18.0 Å². The fourth-order valence-electron chi connectivity index (χ4n) is 3.04. The lowest BCUT2D eigenvalue weighted by molar-refractivity contribution is 0.485. The molecule has 136 valence electrons. The molecule has 4 rings (SSSR count). The Morgan fingerprint density at radius 1 is 0.926 bits per heavy atom. The minimum atomic E-state index is 0.611. The molecule has 0 amide bonds. The zero-order valence-corrected chi connectivity index (χ0v) is 16.2. The Balaban J connectivity index is 1.66. The summed E-state index contributed by atoms with van der Waals surface area (Å²) in [6, 6.07) is 20.8. The van der Waals surface area contributed by atoms with Gasteiger partial charge in [-0.05, 0) is 37.6 Å². The van der Waals surface area contributed by atoms with Crippen LogP contribution in [0.1, 0.15) is 22.5 Å². The van der Waals surface area contributed by atoms with Gasteiger partial charge in [0.05, 0.1) is 12.8 Å². The quantitative estimate of drug-likeness (QED) is 0.418. The summed E-state index contributed by atoms with van der Waals surface area (Å²) in [6.07, 6.45) is 1.70. The highest BCUT2D eigenvalue weighted by atomic mass is 32.2. The van der Waals surface area contributed by atoms with Crippen molar-refractivity contribution in [2.24, 2.45) is 0 Å². The first kappa shape index (κ1) is 17.6. The van der Waals surface area contributed by atoms with E-state index in [-0.39, 0.29) is 0 Å². The lowest BCUT2D eigenvalue weighted by Gasteiger charge is -2.09. The zero-order chi connectivity index (χ0) is 18.6. The normalized spacial score (nSPS) is 11.0. The number of nitrogens with zero attached hydrogens (tertiary/aromatic N) is 3. The topological polar surface area (TPSA) is 43.9 Å². The summed E-state index contributed by atoms with van der Waals surface area (Å²) in [7, 11) is 0. The summed E-state index contributed by atoms with van der Waals surface area (Å²) in [4.78, 5) is 0. The number of aromatic nitrogens is 3. The molecule has 0 aliphatic carbocycles. The van der Waals surface area contributed by atoms with Crippen molar-refractivity contribution < 1.29 is 4.42 Å². The van der Waals surface area contributed by atoms with E-state index in [1.165, 1.54) is 16.7 Å². The van der Waals surface area contributed by atoms with Crippen LogP contribution < -0.4 is 0 Å². The molecule has 0 fully saturated rings. The molecule has 2 heterocycles. The Morgan fingerprint density at radius 2 is 1.74 bits per heavy atom. The van der Waals surface area contributed by atoms with Gasteiger partial charge in [0.15, 0.2) is 11.0 Å². The fourth-order valence-corrected chi connectivity index (χ4v) is 3.92. The Labute approximate surface area is 163 Å². The van der Waals surface area contributed by atoms with E-state index in [0.29, 0.717) is 6.54 Å². The summed E-state index contributed by atoms with van der Waals surface area (Å²) in [6.45, 7) is 4.81. The predicted octanol–water partition coefficient (Wildman–Crippen LogP) is 5.50. The van der Waals surface area contributed by atoms with Crippen LogP contribution in [0.15, 0.2) is 76.5 Å². The van der Waals surface area contributed by atoms with E-state index in [9.17, 15) is 0 Å². The number of aryl methyl sites for hydroxylation is 2. The minimum absolute atomic E-state index is 0.611. The first-order valence-corrected chi connectivity index (χ1v) is 9.88. The second kappa shape index (κ2) is 7.84. The van der Waals surface area contributed by atoms with Gasteiger partial charge in [-0.2, -0.15) is 0 Å². The van der Waals surface area contributed by atoms with Crippen molar-refractivity contribution in [3.8, 4) is 11.4 Å². The summed E-state index contributed by atoms with van der Waals surface area (Å²) in [5.74, 6) is 2.61. The second-order valence-corrected chi connectivity index (χ2v) is 7.56. The first-order chi connectivity index (χ1) is 13.2. The molecule has 2 aromatic heterocycles. The van der Waals surface area contributed by atoms with Crippen LogP contribution in [0.4, 0.5) is 0 Å². The smallest absolute Gasteiger partial charge is 0.192 e. The highest BCUT2D eigenvalue weighted by Gasteiger charge is 2.16. The van der Waals surface area contributed by atoms with Crippen LogP contribution in [-0.4, -0.2) is 14.8 Å². The van der Waals surface area contributed by atoms with Crippen LogP contribution in [0.2, 0.25) is 0 Å². The molecule has 5 heteroatoms. The van der Waals surface area contributed by atoms with Crippen molar-refractivity contribution in [3.63, 3.8) is 0 Å². The zero-order valence-electron chi connectivity index (χ0n) is 15.4. The first-order valence-electron chi connectivity index (χ1n) is 8.90. The Kier molecular flexibility index (Phi) is 5.12. The average Bonchev–Trinajstić information content (AvgIpc) is 3.31. The summed E-state index contributed by atoms with van der Waals surface area (Å²) in [5.41, 5.74) is 4.82. The highest BCUT2D eigenvalue weighted by molar-refractivity contribution is 7.98. The second-order valence-electron chi connectivity index (χ2n) is 6.62. The van der Waals surface area contributed by atoms with Gasteiger partial charge in [0.25, 0.3) is 0 Å². The Hall–Kier alpha value is -2.79. The molecule has 0 spiro atoms. The van der Waals surface area contributed by atoms with Crippen LogP contribution in [0.25, 0.3) is 11.4 Å². The van der Waals surface area contributed by atoms with Crippen LogP contribution in [0, 0.1) is 13.8 Å². The van der Waals surface area contributed by atoms with Crippen LogP contribution in [0.3, 0.4) is 0 Å². The molecule has 0 aliphatic heterocycles. The SMILES string of the molecule is Cc1cccc(CSc2nnc(-c3cccc(C)c3)n2Cc2ccco2)c1. The van der Waals surface area contributed by atoms with Gasteiger partial charge in [-0.3, -0.25) is 4.57 Å². The molecule has 0 bridgehead atoms. The fraction of sp³-hybridized carbons (Fsp3) is 0.182. The van der Waals surface area contributed by atoms with Gasteiger partial charge in [-0.1, -0.05) is 65.4 Å². The molecule has 27 heavy (non-hydrogen) atoms. The molecule has 4 aromatic rings. The van der Waals surface area contributed by atoms with Crippen molar-refractivity contribution in [2.75, 3.05) is 0 Å². The van der Waals surface area contributed by atoms with E-state index in [1.807, 2.05) is 12.1 Å². The summed E-state index contributed by atoms with van der Waals surface area (Å²) < 4.78 is 7.70. The van der Waals surface area contributed by atoms with E-state index in [0.717, 1.165) is 28.1 Å². The van der Waals surface area contributed by atoms with Gasteiger partial charge in [0, 0.05) is 11.3 Å². The monoisotopic (exact) mass is 375 g/mol. The molecule has 4 nitrogen and oxygen atoms in total. The third kappa shape index (κ3) is 4.14. The standard InChI is InChI=1S/C22H21N3OS/c1-16-6-3-8-18(12-16)15-27-22-24-23-21(19-9-4-7-17(2)13-19)25(22)14-20-10-5-11-26-20/h3-13H,14-15H2,1-2H3. The van der Waals surface area contributed by atoms with Gasteiger partial charge in [-0.25, -0.2) is 0 Å². The molecule has 0 saturated heterocycles. The van der Waals surface area contributed by atoms with Crippen molar-refractivity contribution in [1.29, 1.82) is 0 Å². The third-order valence-corrected chi connectivity index (χ3v) is 5.38. The largest absolute Gasteiger partial charge is 0.467 e. The highest BCUT2D eigenvalue weighted by Crippen LogP contribution is 2.28. The summed E-state index contributed by atoms with van der Waals surface area (Å²) in [5, 5.41) is 9.86. The molecular weight excluding hydrogens is 354 g/mol. The molecule has 0 aliphatic rings. The average molecular weight is 375 g/mol. The van der Waals surface area contributed by atoms with Crippen molar-refractivity contribution in [1.82, 2.24) is 14.8 Å². The van der Waals surface area contributed by atoms with Gasteiger partial charge in [0.1, 0.15) is 5.76 Å². The maximum Gasteiger partial charge on any atom is 0.192 e. The molecule has 0 unspecified atom stereocenters. The number of hydrogen-bond donors (Lipinski definition) is 0. The lowest BCUT2D eigenvalue weighted by Crippen LogP contribution is -2.03. The van der Waals surface area contributed by atoms with Gasteiger partial charge < -0.3 is 4.42 Å². The lowest BCUT2D eigenvalue weighted by atomic mass is 10.1. The Bertz CT molecular complexity index is 1040. The van der Waals surface area contributed by atoms with E-state index in [4.69, 9.17) is 4.42 Å². The van der Waals surface area contributed by atoms with E-state index in [2.05, 4.69) is 77.1 Å².